The molecule has 0 fully saturated rings. The molecule has 0 amide bonds. The molecule has 92 heavy (non-hydrogen) atoms. The summed E-state index contributed by atoms with van der Waals surface area (Å²) in [6, 6.07) is 117. The summed E-state index contributed by atoms with van der Waals surface area (Å²) >= 11 is 0. The monoisotopic (exact) mass is 1160 g/mol. The van der Waals surface area contributed by atoms with Crippen molar-refractivity contribution < 1.29 is 0 Å². The zero-order valence-corrected chi connectivity index (χ0v) is 49.9. The fraction of sp³-hybridized carbons (Fsp3) is 0.0225. The van der Waals surface area contributed by atoms with Crippen molar-refractivity contribution in [3.63, 3.8) is 0 Å². The van der Waals surface area contributed by atoms with Gasteiger partial charge in [-0.05, 0) is 176 Å². The Morgan fingerprint density at radius 1 is 0.217 bits per heavy atom. The van der Waals surface area contributed by atoms with Crippen LogP contribution in [0.25, 0.3) is 144 Å². The Bertz CT molecular complexity index is 5710. The minimum Gasteiger partial charge on any atom is -0.256 e. The SMILES string of the molecule is c1ccc2c(c1)-c1ccccc1C21c2ccccc2-c2ccc(-c3cc(-c4ccc5c(c4)C4(c6ccccc6-c6ccccc64)c4ccccc4-5)c4nc(-c5ccc(-c6ccc7ccccc7c6)cc5)nc(-c5ccc(-c6cnc7ccccc7c6)cc5)c4c3)cc21. The lowest BCUT2D eigenvalue weighted by Crippen LogP contribution is -2.25. The van der Waals surface area contributed by atoms with Crippen LogP contribution in [0.2, 0.25) is 0 Å². The molecule has 14 aromatic carbocycles. The summed E-state index contributed by atoms with van der Waals surface area (Å²) in [5.41, 5.74) is 33.1. The first-order valence-electron chi connectivity index (χ1n) is 31.9. The van der Waals surface area contributed by atoms with Crippen molar-refractivity contribution in [1.82, 2.24) is 15.0 Å². The fourth-order valence-corrected chi connectivity index (χ4v) is 16.7. The standard InChI is InChI=1S/C89H53N3/c1-2-18-59-47-60(42-37-54(59)17-1)55-35-40-58(41-36-55)87-91-85(57-38-33-56(34-39-57)65-48-63-19-3-16-32-84(63)90-53-65)75-50-64(61-43-45-72-70-24-8-14-30-80(70)88(82(72)51-61)76-26-10-4-20-66(76)67-21-5-11-27-77(67)88)49-74(86(75)92-87)62-44-46-73-71-25-9-15-31-81(71)89(83(73)52-62)78-28-12-6-22-68(78)69-23-7-13-29-79(69)89/h1-53H. The van der Waals surface area contributed by atoms with Gasteiger partial charge in [-0.2, -0.15) is 0 Å². The second kappa shape index (κ2) is 19.3. The van der Waals surface area contributed by atoms with E-state index in [1.54, 1.807) is 0 Å². The zero-order valence-electron chi connectivity index (χ0n) is 49.9. The molecule has 0 radical (unpaired) electrons. The first-order valence-corrected chi connectivity index (χ1v) is 31.9. The van der Waals surface area contributed by atoms with Crippen LogP contribution in [0, 0.1) is 0 Å². The van der Waals surface area contributed by atoms with Crippen LogP contribution in [-0.4, -0.2) is 15.0 Å². The molecule has 20 rings (SSSR count). The van der Waals surface area contributed by atoms with Crippen molar-refractivity contribution in [2.24, 2.45) is 0 Å². The Hall–Kier alpha value is -11.9. The van der Waals surface area contributed by atoms with E-state index in [1.165, 1.54) is 105 Å². The molecule has 4 aliphatic rings. The Morgan fingerprint density at radius 2 is 0.609 bits per heavy atom. The van der Waals surface area contributed by atoms with E-state index in [-0.39, 0.29) is 0 Å². The van der Waals surface area contributed by atoms with E-state index in [2.05, 4.69) is 309 Å². The predicted molar refractivity (Wildman–Crippen MR) is 378 cm³/mol. The van der Waals surface area contributed by atoms with Crippen LogP contribution in [0.3, 0.4) is 0 Å². The van der Waals surface area contributed by atoms with E-state index in [4.69, 9.17) is 15.0 Å². The average Bonchev–Trinajstić information content (AvgIpc) is 1.52. The lowest BCUT2D eigenvalue weighted by Gasteiger charge is -2.31. The highest BCUT2D eigenvalue weighted by atomic mass is 14.9. The van der Waals surface area contributed by atoms with Gasteiger partial charge in [0.05, 0.1) is 27.6 Å². The number of rotatable bonds is 6. The van der Waals surface area contributed by atoms with Crippen LogP contribution < -0.4 is 0 Å². The van der Waals surface area contributed by atoms with E-state index >= 15 is 0 Å². The van der Waals surface area contributed by atoms with Gasteiger partial charge in [-0.15, -0.1) is 0 Å². The van der Waals surface area contributed by atoms with Crippen LogP contribution in [0.1, 0.15) is 44.5 Å². The van der Waals surface area contributed by atoms with E-state index in [0.29, 0.717) is 5.82 Å². The maximum Gasteiger partial charge on any atom is 0.160 e. The van der Waals surface area contributed by atoms with Crippen molar-refractivity contribution in [3.8, 4) is 112 Å². The summed E-state index contributed by atoms with van der Waals surface area (Å²) in [5.74, 6) is 0.661. The molecule has 16 aromatic rings. The maximum absolute atomic E-state index is 5.85. The molecule has 2 spiro atoms. The number of hydrogen-bond acceptors (Lipinski definition) is 3. The number of fused-ring (bicyclic) bond motifs is 23. The van der Waals surface area contributed by atoms with Gasteiger partial charge in [-0.3, -0.25) is 4.98 Å². The molecular weight excluding hydrogens is 1110 g/mol. The molecule has 3 nitrogen and oxygen atoms in total. The van der Waals surface area contributed by atoms with Crippen molar-refractivity contribution in [3.05, 3.63) is 366 Å². The molecule has 0 saturated heterocycles. The van der Waals surface area contributed by atoms with Gasteiger partial charge in [0, 0.05) is 39.2 Å². The third kappa shape index (κ3) is 7.08. The second-order valence-corrected chi connectivity index (χ2v) is 25.2. The molecular formula is C89H53N3. The van der Waals surface area contributed by atoms with Crippen LogP contribution in [0.4, 0.5) is 0 Å². The number of nitrogens with zero attached hydrogens (tertiary/aromatic N) is 3. The lowest BCUT2D eigenvalue weighted by atomic mass is 9.70. The predicted octanol–water partition coefficient (Wildman–Crippen LogP) is 22.0. The molecule has 424 valence electrons. The first-order chi connectivity index (χ1) is 45.6. The van der Waals surface area contributed by atoms with Gasteiger partial charge in [0.15, 0.2) is 5.82 Å². The molecule has 4 aliphatic carbocycles. The quantitative estimate of drug-likeness (QED) is 0.167. The summed E-state index contributed by atoms with van der Waals surface area (Å²) in [5, 5.41) is 4.52. The number of pyridine rings is 1. The van der Waals surface area contributed by atoms with Gasteiger partial charge in [0.2, 0.25) is 0 Å². The van der Waals surface area contributed by atoms with Gasteiger partial charge in [-0.25, -0.2) is 9.97 Å². The topological polar surface area (TPSA) is 38.7 Å². The molecule has 0 N–H and O–H groups in total. The van der Waals surface area contributed by atoms with Gasteiger partial charge in [0.25, 0.3) is 0 Å². The van der Waals surface area contributed by atoms with Crippen LogP contribution in [0.5, 0.6) is 0 Å². The van der Waals surface area contributed by atoms with Gasteiger partial charge in [0.1, 0.15) is 0 Å². The van der Waals surface area contributed by atoms with Crippen molar-refractivity contribution in [2.75, 3.05) is 0 Å². The maximum atomic E-state index is 5.85. The van der Waals surface area contributed by atoms with Crippen molar-refractivity contribution in [1.29, 1.82) is 0 Å². The van der Waals surface area contributed by atoms with E-state index < -0.39 is 10.8 Å². The Labute approximate surface area is 533 Å². The summed E-state index contributed by atoms with van der Waals surface area (Å²) in [4.78, 5) is 16.5. The highest BCUT2D eigenvalue weighted by Gasteiger charge is 2.53. The molecule has 0 unspecified atom stereocenters. The summed E-state index contributed by atoms with van der Waals surface area (Å²) in [6.07, 6.45) is 1.99. The Balaban J connectivity index is 0.850. The minimum absolute atomic E-state index is 0.513. The zero-order chi connectivity index (χ0) is 60.2. The molecule has 0 bridgehead atoms. The van der Waals surface area contributed by atoms with Gasteiger partial charge in [-0.1, -0.05) is 273 Å². The number of para-hydroxylation sites is 1. The van der Waals surface area contributed by atoms with Crippen molar-refractivity contribution >= 4 is 32.6 Å². The van der Waals surface area contributed by atoms with E-state index in [0.717, 1.165) is 77.6 Å². The molecule has 2 heterocycles. The highest BCUT2D eigenvalue weighted by Crippen LogP contribution is 2.65. The average molecular weight is 1160 g/mol. The fourth-order valence-electron chi connectivity index (χ4n) is 16.7. The van der Waals surface area contributed by atoms with Crippen LogP contribution in [0.15, 0.2) is 322 Å². The molecule has 0 atom stereocenters. The number of hydrogen-bond donors (Lipinski definition) is 0. The summed E-state index contributed by atoms with van der Waals surface area (Å²) in [7, 11) is 0. The van der Waals surface area contributed by atoms with Gasteiger partial charge < -0.3 is 0 Å². The summed E-state index contributed by atoms with van der Waals surface area (Å²) in [6.45, 7) is 0. The smallest absolute Gasteiger partial charge is 0.160 e. The Kier molecular flexibility index (Phi) is 10.7. The summed E-state index contributed by atoms with van der Waals surface area (Å²) < 4.78 is 0. The van der Waals surface area contributed by atoms with E-state index in [9.17, 15) is 0 Å². The normalized spacial score (nSPS) is 13.6. The third-order valence-corrected chi connectivity index (χ3v) is 20.7. The molecule has 3 heteroatoms. The van der Waals surface area contributed by atoms with E-state index in [1.807, 2.05) is 12.3 Å². The lowest BCUT2D eigenvalue weighted by molar-refractivity contribution is 0.794. The van der Waals surface area contributed by atoms with Crippen molar-refractivity contribution in [2.45, 2.75) is 10.8 Å². The second-order valence-electron chi connectivity index (χ2n) is 25.2. The highest BCUT2D eigenvalue weighted by molar-refractivity contribution is 6.07. The molecule has 0 saturated carbocycles. The number of benzene rings is 14. The number of aromatic nitrogens is 3. The van der Waals surface area contributed by atoms with Gasteiger partial charge >= 0.3 is 0 Å². The molecule has 0 aliphatic heterocycles. The third-order valence-electron chi connectivity index (χ3n) is 20.7. The van der Waals surface area contributed by atoms with Crippen LogP contribution in [-0.2, 0) is 10.8 Å². The van der Waals surface area contributed by atoms with Crippen LogP contribution >= 0.6 is 0 Å². The first kappa shape index (κ1) is 51.0. The largest absolute Gasteiger partial charge is 0.256 e. The molecule has 2 aromatic heterocycles. The minimum atomic E-state index is -0.542. The Morgan fingerprint density at radius 3 is 1.16 bits per heavy atom.